The molecule has 2 aromatic rings. The van der Waals surface area contributed by atoms with Crippen molar-refractivity contribution in [3.05, 3.63) is 65.2 Å². The van der Waals surface area contributed by atoms with Crippen LogP contribution < -0.4 is 10.1 Å². The van der Waals surface area contributed by atoms with E-state index >= 15 is 0 Å². The van der Waals surface area contributed by atoms with Crippen LogP contribution >= 0.6 is 0 Å². The van der Waals surface area contributed by atoms with Gasteiger partial charge in [0.25, 0.3) is 5.91 Å². The zero-order valence-corrected chi connectivity index (χ0v) is 15.0. The normalized spacial score (nSPS) is 11.6. The summed E-state index contributed by atoms with van der Waals surface area (Å²) in [5, 5.41) is 2.99. The molecule has 2 aromatic carbocycles. The third kappa shape index (κ3) is 5.45. The molecule has 4 nitrogen and oxygen atoms in total. The summed E-state index contributed by atoms with van der Waals surface area (Å²) in [6.45, 7) is 5.85. The van der Waals surface area contributed by atoms with Gasteiger partial charge < -0.3 is 10.1 Å². The second kappa shape index (κ2) is 9.02. The molecule has 0 spiro atoms. The predicted molar refractivity (Wildman–Crippen MR) is 98.9 cm³/mol. The Morgan fingerprint density at radius 2 is 1.64 bits per heavy atom. The maximum Gasteiger partial charge on any atom is 0.258 e. The van der Waals surface area contributed by atoms with Gasteiger partial charge in [-0.25, -0.2) is 0 Å². The van der Waals surface area contributed by atoms with Crippen LogP contribution in [0.15, 0.2) is 48.5 Å². The molecule has 1 N–H and O–H groups in total. The Kier molecular flexibility index (Phi) is 6.75. The Morgan fingerprint density at radius 3 is 2.20 bits per heavy atom. The van der Waals surface area contributed by atoms with E-state index in [1.807, 2.05) is 45.0 Å². The van der Waals surface area contributed by atoms with E-state index in [9.17, 15) is 9.59 Å². The lowest BCUT2D eigenvalue weighted by molar-refractivity contribution is -0.123. The highest BCUT2D eigenvalue weighted by Crippen LogP contribution is 2.17. The molecular formula is C21H25NO3. The third-order valence-corrected chi connectivity index (χ3v) is 4.09. The monoisotopic (exact) mass is 339 g/mol. The summed E-state index contributed by atoms with van der Waals surface area (Å²) in [7, 11) is 0. The van der Waals surface area contributed by atoms with Gasteiger partial charge in [-0.05, 0) is 43.2 Å². The van der Waals surface area contributed by atoms with Gasteiger partial charge in [0, 0.05) is 12.0 Å². The maximum atomic E-state index is 12.2. The molecule has 25 heavy (non-hydrogen) atoms. The number of carbonyl (C=O) groups excluding carboxylic acids is 2. The number of rotatable bonds is 8. The zero-order chi connectivity index (χ0) is 18.2. The van der Waals surface area contributed by atoms with Crippen molar-refractivity contribution < 1.29 is 14.3 Å². The fraction of sp³-hybridized carbons (Fsp3) is 0.333. The fourth-order valence-electron chi connectivity index (χ4n) is 2.55. The summed E-state index contributed by atoms with van der Waals surface area (Å²) >= 11 is 0. The van der Waals surface area contributed by atoms with Crippen molar-refractivity contribution in [1.82, 2.24) is 5.32 Å². The molecule has 1 unspecified atom stereocenters. The van der Waals surface area contributed by atoms with Crippen LogP contribution in [-0.2, 0) is 4.79 Å². The number of ketones is 1. The van der Waals surface area contributed by atoms with E-state index in [4.69, 9.17) is 4.74 Å². The Balaban J connectivity index is 1.88. The molecule has 0 aliphatic rings. The van der Waals surface area contributed by atoms with Gasteiger partial charge >= 0.3 is 0 Å². The molecule has 0 fully saturated rings. The van der Waals surface area contributed by atoms with Gasteiger partial charge in [0.2, 0.25) is 0 Å². The molecule has 0 radical (unpaired) electrons. The summed E-state index contributed by atoms with van der Waals surface area (Å²) in [6, 6.07) is 15.0. The van der Waals surface area contributed by atoms with Gasteiger partial charge in [0.15, 0.2) is 12.4 Å². The summed E-state index contributed by atoms with van der Waals surface area (Å²) < 4.78 is 5.51. The van der Waals surface area contributed by atoms with Crippen molar-refractivity contribution in [3.8, 4) is 5.75 Å². The molecule has 132 valence electrons. The molecule has 0 saturated heterocycles. The first kappa shape index (κ1) is 18.7. The van der Waals surface area contributed by atoms with Gasteiger partial charge in [0.1, 0.15) is 5.75 Å². The molecule has 2 rings (SSSR count). The molecular weight excluding hydrogens is 314 g/mol. The number of aryl methyl sites for hydroxylation is 1. The number of hydrogen-bond donors (Lipinski definition) is 1. The summed E-state index contributed by atoms with van der Waals surface area (Å²) in [5.41, 5.74) is 2.94. The summed E-state index contributed by atoms with van der Waals surface area (Å²) in [6.07, 6.45) is 1.28. The Morgan fingerprint density at radius 1 is 1.00 bits per heavy atom. The minimum atomic E-state index is -0.166. The Bertz CT molecular complexity index is 705. The third-order valence-electron chi connectivity index (χ3n) is 4.09. The van der Waals surface area contributed by atoms with Crippen LogP contribution in [0.5, 0.6) is 5.75 Å². The van der Waals surface area contributed by atoms with E-state index in [0.717, 1.165) is 12.0 Å². The Labute approximate surface area is 149 Å². The number of amides is 1. The number of benzene rings is 2. The first-order valence-corrected chi connectivity index (χ1v) is 8.65. The lowest BCUT2D eigenvalue weighted by Gasteiger charge is -2.18. The Hall–Kier alpha value is -2.62. The van der Waals surface area contributed by atoms with Crippen molar-refractivity contribution in [2.75, 3.05) is 6.61 Å². The zero-order valence-electron chi connectivity index (χ0n) is 15.0. The molecule has 1 amide bonds. The van der Waals surface area contributed by atoms with Crippen LogP contribution in [-0.4, -0.2) is 18.3 Å². The molecule has 0 aromatic heterocycles. The predicted octanol–water partition coefficient (Wildman–Crippen LogP) is 4.23. The van der Waals surface area contributed by atoms with Gasteiger partial charge in [-0.3, -0.25) is 9.59 Å². The van der Waals surface area contributed by atoms with Crippen LogP contribution in [0.2, 0.25) is 0 Å². The highest BCUT2D eigenvalue weighted by atomic mass is 16.5. The summed E-state index contributed by atoms with van der Waals surface area (Å²) in [5.74, 6) is 0.500. The number of Topliss-reactive ketones (excluding diaryl/α,β-unsaturated/α-hetero) is 1. The average molecular weight is 339 g/mol. The molecule has 0 heterocycles. The van der Waals surface area contributed by atoms with E-state index < -0.39 is 0 Å². The van der Waals surface area contributed by atoms with Crippen LogP contribution in [0.1, 0.15) is 54.2 Å². The van der Waals surface area contributed by atoms with E-state index in [1.165, 1.54) is 5.56 Å². The minimum absolute atomic E-state index is 0.0266. The molecule has 0 saturated carbocycles. The number of hydrogen-bond acceptors (Lipinski definition) is 3. The first-order valence-electron chi connectivity index (χ1n) is 8.65. The fourth-order valence-corrected chi connectivity index (χ4v) is 2.55. The van der Waals surface area contributed by atoms with Crippen molar-refractivity contribution in [1.29, 1.82) is 0 Å². The number of nitrogens with one attached hydrogen (secondary N) is 1. The van der Waals surface area contributed by atoms with Gasteiger partial charge in [0.05, 0.1) is 6.04 Å². The van der Waals surface area contributed by atoms with E-state index in [2.05, 4.69) is 5.32 Å². The molecule has 0 aliphatic heterocycles. The second-order valence-electron chi connectivity index (χ2n) is 6.03. The quantitative estimate of drug-likeness (QED) is 0.732. The van der Waals surface area contributed by atoms with Crippen molar-refractivity contribution in [3.63, 3.8) is 0 Å². The minimum Gasteiger partial charge on any atom is -0.484 e. The van der Waals surface area contributed by atoms with Crippen LogP contribution in [0, 0.1) is 6.92 Å². The lowest BCUT2D eigenvalue weighted by Crippen LogP contribution is -2.32. The largest absolute Gasteiger partial charge is 0.484 e. The van der Waals surface area contributed by atoms with Crippen LogP contribution in [0.25, 0.3) is 0 Å². The molecule has 1 atom stereocenters. The van der Waals surface area contributed by atoms with E-state index in [-0.39, 0.29) is 24.3 Å². The first-order chi connectivity index (χ1) is 12.0. The topological polar surface area (TPSA) is 55.4 Å². The number of carbonyl (C=O) groups is 2. The van der Waals surface area contributed by atoms with Gasteiger partial charge in [-0.15, -0.1) is 0 Å². The van der Waals surface area contributed by atoms with E-state index in [1.54, 1.807) is 24.3 Å². The average Bonchev–Trinajstić information content (AvgIpc) is 2.65. The molecule has 4 heteroatoms. The van der Waals surface area contributed by atoms with Crippen molar-refractivity contribution >= 4 is 11.7 Å². The maximum absolute atomic E-state index is 12.2. The standard InChI is InChI=1S/C21H25NO3/c1-4-19(16-8-6-15(3)7-9-16)22-21(24)14-25-18-12-10-17(11-13-18)20(23)5-2/h6-13,19H,4-5,14H2,1-3H3,(H,22,24). The molecule has 0 aliphatic carbocycles. The SMILES string of the molecule is CCC(=O)c1ccc(OCC(=O)NC(CC)c2ccc(C)cc2)cc1. The second-order valence-corrected chi connectivity index (χ2v) is 6.03. The lowest BCUT2D eigenvalue weighted by atomic mass is 10.0. The van der Waals surface area contributed by atoms with Crippen LogP contribution in [0.3, 0.4) is 0 Å². The summed E-state index contributed by atoms with van der Waals surface area (Å²) in [4.78, 5) is 23.8. The van der Waals surface area contributed by atoms with Gasteiger partial charge in [-0.2, -0.15) is 0 Å². The van der Waals surface area contributed by atoms with Gasteiger partial charge in [-0.1, -0.05) is 43.7 Å². The number of ether oxygens (including phenoxy) is 1. The van der Waals surface area contributed by atoms with E-state index in [0.29, 0.717) is 17.7 Å². The van der Waals surface area contributed by atoms with Crippen molar-refractivity contribution in [2.45, 2.75) is 39.7 Å². The van der Waals surface area contributed by atoms with Crippen LogP contribution in [0.4, 0.5) is 0 Å². The molecule has 0 bridgehead atoms. The van der Waals surface area contributed by atoms with Crippen molar-refractivity contribution in [2.24, 2.45) is 0 Å². The highest BCUT2D eigenvalue weighted by molar-refractivity contribution is 5.95. The smallest absolute Gasteiger partial charge is 0.258 e. The highest BCUT2D eigenvalue weighted by Gasteiger charge is 2.13.